The normalized spacial score (nSPS) is 29.8. The van der Waals surface area contributed by atoms with Crippen molar-refractivity contribution >= 4 is 0 Å². The van der Waals surface area contributed by atoms with Gasteiger partial charge in [0.25, 0.3) is 0 Å². The molecule has 0 spiro atoms. The fraction of sp³-hybridized carbons (Fsp3) is 0.636. The second-order valence-corrected chi connectivity index (χ2v) is 3.44. The molecule has 12 heavy (non-hydrogen) atoms. The summed E-state index contributed by atoms with van der Waals surface area (Å²) in [5.74, 6) is 0. The van der Waals surface area contributed by atoms with Crippen LogP contribution in [0.3, 0.4) is 0 Å². The van der Waals surface area contributed by atoms with E-state index in [9.17, 15) is 0 Å². The summed E-state index contributed by atoms with van der Waals surface area (Å²) in [7, 11) is 0. The van der Waals surface area contributed by atoms with Crippen LogP contribution in [-0.2, 0) is 4.74 Å². The Morgan fingerprint density at radius 2 is 2.33 bits per heavy atom. The number of hydrogen-bond acceptors (Lipinski definition) is 1. The lowest BCUT2D eigenvalue weighted by atomic mass is 10.1. The molecule has 0 bridgehead atoms. The van der Waals surface area contributed by atoms with Crippen molar-refractivity contribution in [2.75, 3.05) is 0 Å². The Morgan fingerprint density at radius 3 is 2.83 bits per heavy atom. The van der Waals surface area contributed by atoms with E-state index in [-0.39, 0.29) is 0 Å². The average Bonchev–Trinajstić information content (AvgIpc) is 2.47. The van der Waals surface area contributed by atoms with E-state index in [0.717, 1.165) is 12.8 Å². The predicted octanol–water partition coefficient (Wildman–Crippen LogP) is 3.08. The van der Waals surface area contributed by atoms with Gasteiger partial charge in [0.2, 0.25) is 0 Å². The molecule has 0 amide bonds. The Kier molecular flexibility index (Phi) is 3.54. The molecule has 0 saturated carbocycles. The first-order chi connectivity index (χ1) is 5.74. The lowest BCUT2D eigenvalue weighted by Gasteiger charge is -2.12. The highest BCUT2D eigenvalue weighted by molar-refractivity contribution is 5.09. The number of allylic oxidation sites excluding steroid dienone is 2. The summed E-state index contributed by atoms with van der Waals surface area (Å²) in [5, 5.41) is 0. The number of hydrogen-bond donors (Lipinski definition) is 0. The van der Waals surface area contributed by atoms with Gasteiger partial charge in [-0.05, 0) is 38.7 Å². The van der Waals surface area contributed by atoms with E-state index in [1.165, 1.54) is 12.0 Å². The van der Waals surface area contributed by atoms with E-state index < -0.39 is 0 Å². The molecular weight excluding hydrogens is 148 g/mol. The van der Waals surface area contributed by atoms with Crippen LogP contribution in [0.15, 0.2) is 24.3 Å². The lowest BCUT2D eigenvalue weighted by molar-refractivity contribution is 0.0760. The van der Waals surface area contributed by atoms with Gasteiger partial charge in [-0.25, -0.2) is 0 Å². The molecule has 0 aromatic rings. The van der Waals surface area contributed by atoms with Crippen molar-refractivity contribution in [3.8, 4) is 0 Å². The van der Waals surface area contributed by atoms with Crippen molar-refractivity contribution in [2.24, 2.45) is 0 Å². The molecule has 1 nitrogen and oxygen atoms in total. The summed E-state index contributed by atoms with van der Waals surface area (Å²) in [6, 6.07) is 0. The third kappa shape index (κ3) is 2.49. The van der Waals surface area contributed by atoms with Crippen molar-refractivity contribution < 1.29 is 4.74 Å². The highest BCUT2D eigenvalue weighted by Gasteiger charge is 2.22. The van der Waals surface area contributed by atoms with Gasteiger partial charge in [0.15, 0.2) is 0 Å². The molecule has 0 aromatic heterocycles. The zero-order valence-electron chi connectivity index (χ0n) is 8.05. The average molecular weight is 166 g/mol. The van der Waals surface area contributed by atoms with Crippen LogP contribution < -0.4 is 0 Å². The monoisotopic (exact) mass is 166 g/mol. The van der Waals surface area contributed by atoms with Crippen molar-refractivity contribution in [2.45, 2.75) is 45.3 Å². The minimum absolute atomic E-state index is 0.316. The molecule has 1 aliphatic rings. The van der Waals surface area contributed by atoms with Gasteiger partial charge in [-0.3, -0.25) is 0 Å². The van der Waals surface area contributed by atoms with Crippen LogP contribution in [0.2, 0.25) is 0 Å². The number of ether oxygens (including phenoxy) is 1. The van der Waals surface area contributed by atoms with Crippen LogP contribution in [0.1, 0.15) is 33.1 Å². The maximum Gasteiger partial charge on any atom is 0.0790 e. The van der Waals surface area contributed by atoms with Gasteiger partial charge in [0, 0.05) is 0 Å². The van der Waals surface area contributed by atoms with Gasteiger partial charge < -0.3 is 4.74 Å². The summed E-state index contributed by atoms with van der Waals surface area (Å²) < 4.78 is 5.69. The molecule has 1 aliphatic heterocycles. The maximum atomic E-state index is 5.69. The second kappa shape index (κ2) is 4.46. The summed E-state index contributed by atoms with van der Waals surface area (Å²) in [6.07, 6.45) is 8.23. The van der Waals surface area contributed by atoms with Crippen LogP contribution >= 0.6 is 0 Å². The molecule has 1 saturated heterocycles. The standard InChI is InChI=1S/C11H18O/c1-4-5-6-9(2)11-8-7-10(3)12-11/h4-5,10-11H,2,6-8H2,1,3H3/b5-4+/t10-,11-/m0/s1. The van der Waals surface area contributed by atoms with E-state index in [2.05, 4.69) is 25.7 Å². The summed E-state index contributed by atoms with van der Waals surface area (Å²) in [6.45, 7) is 8.19. The van der Waals surface area contributed by atoms with E-state index in [0.29, 0.717) is 12.2 Å². The zero-order chi connectivity index (χ0) is 8.97. The quantitative estimate of drug-likeness (QED) is 0.585. The van der Waals surface area contributed by atoms with E-state index in [1.807, 2.05) is 6.92 Å². The fourth-order valence-corrected chi connectivity index (χ4v) is 1.50. The van der Waals surface area contributed by atoms with Crippen LogP contribution in [-0.4, -0.2) is 12.2 Å². The molecule has 0 unspecified atom stereocenters. The first-order valence-electron chi connectivity index (χ1n) is 4.68. The SMILES string of the molecule is C=C(C/C=C/C)[C@@H]1CC[C@H](C)O1. The molecule has 2 atom stereocenters. The second-order valence-electron chi connectivity index (χ2n) is 3.44. The molecule has 0 aromatic carbocycles. The van der Waals surface area contributed by atoms with Crippen molar-refractivity contribution in [3.05, 3.63) is 24.3 Å². The number of rotatable bonds is 3. The minimum atomic E-state index is 0.316. The fourth-order valence-electron chi connectivity index (χ4n) is 1.50. The lowest BCUT2D eigenvalue weighted by Crippen LogP contribution is -2.09. The zero-order valence-corrected chi connectivity index (χ0v) is 8.05. The highest BCUT2D eigenvalue weighted by atomic mass is 16.5. The molecule has 1 heteroatoms. The maximum absolute atomic E-state index is 5.69. The molecular formula is C11H18O. The van der Waals surface area contributed by atoms with Gasteiger partial charge >= 0.3 is 0 Å². The topological polar surface area (TPSA) is 9.23 Å². The summed E-state index contributed by atoms with van der Waals surface area (Å²) >= 11 is 0. The van der Waals surface area contributed by atoms with Crippen LogP contribution in [0.5, 0.6) is 0 Å². The largest absolute Gasteiger partial charge is 0.371 e. The van der Waals surface area contributed by atoms with Crippen LogP contribution in [0, 0.1) is 0 Å². The van der Waals surface area contributed by atoms with E-state index >= 15 is 0 Å². The predicted molar refractivity (Wildman–Crippen MR) is 52.1 cm³/mol. The Morgan fingerprint density at radius 1 is 1.58 bits per heavy atom. The van der Waals surface area contributed by atoms with Crippen molar-refractivity contribution in [1.82, 2.24) is 0 Å². The van der Waals surface area contributed by atoms with Gasteiger partial charge in [0.05, 0.1) is 12.2 Å². The first-order valence-corrected chi connectivity index (χ1v) is 4.68. The molecule has 0 aliphatic carbocycles. The van der Waals surface area contributed by atoms with Crippen LogP contribution in [0.25, 0.3) is 0 Å². The van der Waals surface area contributed by atoms with Crippen molar-refractivity contribution in [1.29, 1.82) is 0 Å². The van der Waals surface area contributed by atoms with Crippen molar-refractivity contribution in [3.63, 3.8) is 0 Å². The third-order valence-electron chi connectivity index (χ3n) is 2.30. The van der Waals surface area contributed by atoms with Gasteiger partial charge in [-0.2, -0.15) is 0 Å². The smallest absolute Gasteiger partial charge is 0.0790 e. The summed E-state index contributed by atoms with van der Waals surface area (Å²) in [4.78, 5) is 0. The van der Waals surface area contributed by atoms with E-state index in [1.54, 1.807) is 0 Å². The molecule has 1 fully saturated rings. The van der Waals surface area contributed by atoms with Gasteiger partial charge in [-0.15, -0.1) is 0 Å². The molecule has 0 radical (unpaired) electrons. The van der Waals surface area contributed by atoms with E-state index in [4.69, 9.17) is 4.74 Å². The molecule has 68 valence electrons. The van der Waals surface area contributed by atoms with Gasteiger partial charge in [-0.1, -0.05) is 18.7 Å². The Balaban J connectivity index is 2.33. The summed E-state index contributed by atoms with van der Waals surface area (Å²) in [5.41, 5.74) is 1.22. The Labute approximate surface area is 75.1 Å². The Hall–Kier alpha value is -0.560. The third-order valence-corrected chi connectivity index (χ3v) is 2.30. The van der Waals surface area contributed by atoms with Crippen LogP contribution in [0.4, 0.5) is 0 Å². The van der Waals surface area contributed by atoms with Gasteiger partial charge in [0.1, 0.15) is 0 Å². The highest BCUT2D eigenvalue weighted by Crippen LogP contribution is 2.25. The minimum Gasteiger partial charge on any atom is -0.371 e. The molecule has 1 heterocycles. The molecule has 1 rings (SSSR count). The first kappa shape index (κ1) is 9.53. The Bertz CT molecular complexity index is 181. The molecule has 0 N–H and O–H groups in total.